The highest BCUT2D eigenvalue weighted by atomic mass is 32.2. The van der Waals surface area contributed by atoms with Crippen LogP contribution >= 0.6 is 11.8 Å². The Morgan fingerprint density at radius 3 is 2.11 bits per heavy atom. The average Bonchev–Trinajstić information content (AvgIpc) is 2.50. The SMILES string of the molecule is c1ccc(-c2ccc(NC3CCSCC3)cc2)cc1. The van der Waals surface area contributed by atoms with Gasteiger partial charge in [-0.25, -0.2) is 0 Å². The second-order valence-electron chi connectivity index (χ2n) is 4.97. The Bertz CT molecular complexity index is 501. The molecule has 1 aliphatic heterocycles. The van der Waals surface area contributed by atoms with Crippen molar-refractivity contribution in [2.45, 2.75) is 18.9 Å². The van der Waals surface area contributed by atoms with E-state index in [1.165, 1.54) is 41.2 Å². The van der Waals surface area contributed by atoms with Gasteiger partial charge in [-0.1, -0.05) is 42.5 Å². The maximum atomic E-state index is 3.65. The molecule has 2 heteroatoms. The Balaban J connectivity index is 1.68. The number of benzene rings is 2. The second kappa shape index (κ2) is 6.16. The quantitative estimate of drug-likeness (QED) is 0.869. The van der Waals surface area contributed by atoms with Gasteiger partial charge in [0.05, 0.1) is 0 Å². The van der Waals surface area contributed by atoms with Crippen molar-refractivity contribution in [1.29, 1.82) is 0 Å². The summed E-state index contributed by atoms with van der Waals surface area (Å²) in [6.07, 6.45) is 2.57. The van der Waals surface area contributed by atoms with Crippen LogP contribution in [0.5, 0.6) is 0 Å². The minimum Gasteiger partial charge on any atom is -0.382 e. The predicted octanol–water partition coefficient (Wildman–Crippen LogP) is 4.66. The molecule has 1 saturated heterocycles. The molecule has 0 aliphatic carbocycles. The molecule has 1 heterocycles. The van der Waals surface area contributed by atoms with Crippen molar-refractivity contribution in [2.75, 3.05) is 16.8 Å². The van der Waals surface area contributed by atoms with Crippen molar-refractivity contribution in [2.24, 2.45) is 0 Å². The van der Waals surface area contributed by atoms with Crippen LogP contribution in [0.1, 0.15) is 12.8 Å². The van der Waals surface area contributed by atoms with Gasteiger partial charge in [0.2, 0.25) is 0 Å². The van der Waals surface area contributed by atoms with Gasteiger partial charge in [0, 0.05) is 11.7 Å². The highest BCUT2D eigenvalue weighted by molar-refractivity contribution is 7.99. The Hall–Kier alpha value is -1.41. The molecule has 0 amide bonds. The van der Waals surface area contributed by atoms with E-state index in [2.05, 4.69) is 71.7 Å². The monoisotopic (exact) mass is 269 g/mol. The second-order valence-corrected chi connectivity index (χ2v) is 6.20. The van der Waals surface area contributed by atoms with E-state index in [1.807, 2.05) is 0 Å². The molecule has 0 spiro atoms. The number of rotatable bonds is 3. The van der Waals surface area contributed by atoms with Crippen LogP contribution in [-0.4, -0.2) is 17.5 Å². The smallest absolute Gasteiger partial charge is 0.0342 e. The number of anilines is 1. The van der Waals surface area contributed by atoms with Crippen LogP contribution in [0.25, 0.3) is 11.1 Å². The molecular weight excluding hydrogens is 250 g/mol. The van der Waals surface area contributed by atoms with Gasteiger partial charge in [-0.2, -0.15) is 11.8 Å². The summed E-state index contributed by atoms with van der Waals surface area (Å²) in [6.45, 7) is 0. The minimum atomic E-state index is 0.656. The number of hydrogen-bond donors (Lipinski definition) is 1. The van der Waals surface area contributed by atoms with Crippen LogP contribution in [0.2, 0.25) is 0 Å². The Labute approximate surface area is 119 Å². The highest BCUT2D eigenvalue weighted by Gasteiger charge is 2.12. The summed E-state index contributed by atoms with van der Waals surface area (Å²) >= 11 is 2.07. The molecule has 0 unspecified atom stereocenters. The van der Waals surface area contributed by atoms with Gasteiger partial charge in [-0.05, 0) is 47.6 Å². The zero-order valence-electron chi connectivity index (χ0n) is 11.0. The fourth-order valence-electron chi connectivity index (χ4n) is 2.47. The molecule has 2 aromatic rings. The topological polar surface area (TPSA) is 12.0 Å². The molecule has 0 bridgehead atoms. The third-order valence-electron chi connectivity index (χ3n) is 3.58. The van der Waals surface area contributed by atoms with E-state index in [0.29, 0.717) is 6.04 Å². The summed E-state index contributed by atoms with van der Waals surface area (Å²) in [6, 6.07) is 20.0. The van der Waals surface area contributed by atoms with Gasteiger partial charge in [0.25, 0.3) is 0 Å². The van der Waals surface area contributed by atoms with Crippen molar-refractivity contribution in [3.8, 4) is 11.1 Å². The summed E-state index contributed by atoms with van der Waals surface area (Å²) in [5.74, 6) is 2.58. The molecule has 1 N–H and O–H groups in total. The first kappa shape index (κ1) is 12.6. The van der Waals surface area contributed by atoms with E-state index in [1.54, 1.807) is 0 Å². The lowest BCUT2D eigenvalue weighted by Crippen LogP contribution is -2.24. The van der Waals surface area contributed by atoms with Gasteiger partial charge in [0.1, 0.15) is 0 Å². The van der Waals surface area contributed by atoms with E-state index in [9.17, 15) is 0 Å². The summed E-state index contributed by atoms with van der Waals surface area (Å²) < 4.78 is 0. The van der Waals surface area contributed by atoms with E-state index < -0.39 is 0 Å². The zero-order chi connectivity index (χ0) is 12.9. The fraction of sp³-hybridized carbons (Fsp3) is 0.294. The van der Waals surface area contributed by atoms with Crippen LogP contribution in [0, 0.1) is 0 Å². The van der Waals surface area contributed by atoms with Crippen LogP contribution in [0.4, 0.5) is 5.69 Å². The number of hydrogen-bond acceptors (Lipinski definition) is 2. The summed E-state index contributed by atoms with van der Waals surface area (Å²) in [4.78, 5) is 0. The lowest BCUT2D eigenvalue weighted by Gasteiger charge is -2.23. The molecule has 0 atom stereocenters. The van der Waals surface area contributed by atoms with Crippen LogP contribution < -0.4 is 5.32 Å². The van der Waals surface area contributed by atoms with Crippen LogP contribution in [0.15, 0.2) is 54.6 Å². The maximum Gasteiger partial charge on any atom is 0.0342 e. The molecular formula is C17H19NS. The first-order valence-corrected chi connectivity index (χ1v) is 8.07. The Morgan fingerprint density at radius 2 is 1.42 bits per heavy atom. The van der Waals surface area contributed by atoms with Crippen molar-refractivity contribution in [3.05, 3.63) is 54.6 Å². The molecule has 2 aromatic carbocycles. The Kier molecular flexibility index (Phi) is 4.09. The average molecular weight is 269 g/mol. The van der Waals surface area contributed by atoms with E-state index >= 15 is 0 Å². The van der Waals surface area contributed by atoms with E-state index in [-0.39, 0.29) is 0 Å². The van der Waals surface area contributed by atoms with Gasteiger partial charge in [-0.15, -0.1) is 0 Å². The third-order valence-corrected chi connectivity index (χ3v) is 4.63. The lowest BCUT2D eigenvalue weighted by molar-refractivity contribution is 0.667. The van der Waals surface area contributed by atoms with E-state index in [0.717, 1.165) is 0 Å². The standard InChI is InChI=1S/C17H19NS/c1-2-4-14(5-3-1)15-6-8-16(9-7-15)18-17-10-12-19-13-11-17/h1-9,17-18H,10-13H2. The molecule has 98 valence electrons. The first-order chi connectivity index (χ1) is 9.42. The predicted molar refractivity (Wildman–Crippen MR) is 85.8 cm³/mol. The molecule has 0 radical (unpaired) electrons. The summed E-state index contributed by atoms with van der Waals surface area (Å²) in [5.41, 5.74) is 3.81. The molecule has 0 saturated carbocycles. The fourth-order valence-corrected chi connectivity index (χ4v) is 3.57. The number of thioether (sulfide) groups is 1. The van der Waals surface area contributed by atoms with Crippen LogP contribution in [0.3, 0.4) is 0 Å². The number of nitrogens with one attached hydrogen (secondary N) is 1. The van der Waals surface area contributed by atoms with Crippen molar-refractivity contribution in [1.82, 2.24) is 0 Å². The van der Waals surface area contributed by atoms with Gasteiger partial charge >= 0.3 is 0 Å². The molecule has 19 heavy (non-hydrogen) atoms. The van der Waals surface area contributed by atoms with Crippen molar-refractivity contribution < 1.29 is 0 Å². The summed E-state index contributed by atoms with van der Waals surface area (Å²) in [5, 5.41) is 3.65. The molecule has 1 nitrogen and oxygen atoms in total. The third kappa shape index (κ3) is 3.32. The van der Waals surface area contributed by atoms with Crippen molar-refractivity contribution in [3.63, 3.8) is 0 Å². The summed E-state index contributed by atoms with van der Waals surface area (Å²) in [7, 11) is 0. The molecule has 1 aliphatic rings. The largest absolute Gasteiger partial charge is 0.382 e. The first-order valence-electron chi connectivity index (χ1n) is 6.91. The zero-order valence-corrected chi connectivity index (χ0v) is 11.8. The van der Waals surface area contributed by atoms with Crippen LogP contribution in [-0.2, 0) is 0 Å². The van der Waals surface area contributed by atoms with Gasteiger partial charge < -0.3 is 5.32 Å². The van der Waals surface area contributed by atoms with Gasteiger partial charge in [-0.3, -0.25) is 0 Å². The molecule has 3 rings (SSSR count). The highest BCUT2D eigenvalue weighted by Crippen LogP contribution is 2.24. The van der Waals surface area contributed by atoms with E-state index in [4.69, 9.17) is 0 Å². The minimum absolute atomic E-state index is 0.656. The maximum absolute atomic E-state index is 3.65. The lowest BCUT2D eigenvalue weighted by atomic mass is 10.1. The molecule has 1 fully saturated rings. The molecule has 0 aromatic heterocycles. The normalized spacial score (nSPS) is 16.2. The van der Waals surface area contributed by atoms with Crippen molar-refractivity contribution >= 4 is 17.4 Å². The van der Waals surface area contributed by atoms with Gasteiger partial charge in [0.15, 0.2) is 0 Å². The Morgan fingerprint density at radius 1 is 0.789 bits per heavy atom.